The van der Waals surface area contributed by atoms with Crippen LogP contribution in [0.2, 0.25) is 0 Å². The van der Waals surface area contributed by atoms with E-state index in [0.29, 0.717) is 29.3 Å². The average Bonchev–Trinajstić information content (AvgIpc) is 3.18. The van der Waals surface area contributed by atoms with Crippen LogP contribution in [0, 0.1) is 6.92 Å². The Balaban J connectivity index is 1.78. The third kappa shape index (κ3) is 3.35. The summed E-state index contributed by atoms with van der Waals surface area (Å²) in [5, 5.41) is 14.3. The Bertz CT molecular complexity index is 1040. The van der Waals surface area contributed by atoms with E-state index in [0.717, 1.165) is 12.0 Å². The molecule has 138 valence electrons. The maximum atomic E-state index is 13.1. The van der Waals surface area contributed by atoms with Gasteiger partial charge in [0.15, 0.2) is 5.82 Å². The average molecular weight is 382 g/mol. The Morgan fingerprint density at radius 1 is 1.37 bits per heavy atom. The SMILES string of the molecule is Cc1ccc([C@@H]2CCc3nc(-c4cscn4)n(CC(=O)O)c(=O)c3N2)cc1. The maximum Gasteiger partial charge on any atom is 0.323 e. The fraction of sp³-hybridized carbons (Fsp3) is 0.263. The number of hydrogen-bond acceptors (Lipinski definition) is 6. The second-order valence-corrected chi connectivity index (χ2v) is 7.28. The molecular weight excluding hydrogens is 364 g/mol. The number of aromatic nitrogens is 3. The standard InChI is InChI=1S/C19H18N4O3S/c1-11-2-4-12(5-3-11)13-6-7-14-17(21-13)19(26)23(8-16(24)25)18(22-14)15-9-27-10-20-15/h2-5,9-10,13,21H,6-8H2,1H3,(H,24,25)/t13-/m0/s1. The summed E-state index contributed by atoms with van der Waals surface area (Å²) >= 11 is 1.37. The highest BCUT2D eigenvalue weighted by atomic mass is 32.1. The van der Waals surface area contributed by atoms with Crippen molar-refractivity contribution in [2.75, 3.05) is 5.32 Å². The molecule has 3 aromatic rings. The zero-order valence-electron chi connectivity index (χ0n) is 14.7. The number of nitrogens with zero attached hydrogens (tertiary/aromatic N) is 3. The molecule has 1 aromatic carbocycles. The molecule has 2 aromatic heterocycles. The number of nitrogens with one attached hydrogen (secondary N) is 1. The summed E-state index contributed by atoms with van der Waals surface area (Å²) in [4.78, 5) is 33.2. The number of rotatable bonds is 4. The van der Waals surface area contributed by atoms with Crippen molar-refractivity contribution in [3.05, 3.63) is 62.3 Å². The first-order chi connectivity index (χ1) is 13.0. The van der Waals surface area contributed by atoms with Crippen molar-refractivity contribution in [3.63, 3.8) is 0 Å². The molecule has 4 rings (SSSR count). The van der Waals surface area contributed by atoms with E-state index in [1.807, 2.05) is 31.2 Å². The van der Waals surface area contributed by atoms with Gasteiger partial charge >= 0.3 is 5.97 Å². The molecule has 0 spiro atoms. The summed E-state index contributed by atoms with van der Waals surface area (Å²) in [6.07, 6.45) is 1.45. The van der Waals surface area contributed by atoms with E-state index in [4.69, 9.17) is 0 Å². The number of thiazole rings is 1. The minimum atomic E-state index is -1.10. The molecule has 7 nitrogen and oxygen atoms in total. The Morgan fingerprint density at radius 2 is 2.15 bits per heavy atom. The topological polar surface area (TPSA) is 97.1 Å². The Labute approximate surface area is 159 Å². The van der Waals surface area contributed by atoms with Gasteiger partial charge in [-0.2, -0.15) is 0 Å². The number of carboxylic acid groups (broad SMARTS) is 1. The molecular formula is C19H18N4O3S. The van der Waals surface area contributed by atoms with Crippen molar-refractivity contribution in [2.45, 2.75) is 32.4 Å². The van der Waals surface area contributed by atoms with Gasteiger partial charge in [0.1, 0.15) is 17.9 Å². The van der Waals surface area contributed by atoms with Gasteiger partial charge in [-0.3, -0.25) is 14.2 Å². The van der Waals surface area contributed by atoms with Crippen LogP contribution in [0.5, 0.6) is 0 Å². The van der Waals surface area contributed by atoms with Crippen LogP contribution >= 0.6 is 11.3 Å². The van der Waals surface area contributed by atoms with Gasteiger partial charge in [-0.25, -0.2) is 9.97 Å². The van der Waals surface area contributed by atoms with E-state index in [2.05, 4.69) is 15.3 Å². The lowest BCUT2D eigenvalue weighted by atomic mass is 9.96. The van der Waals surface area contributed by atoms with Crippen LogP contribution in [0.3, 0.4) is 0 Å². The van der Waals surface area contributed by atoms with Gasteiger partial charge in [-0.05, 0) is 25.3 Å². The van der Waals surface area contributed by atoms with Crippen LogP contribution in [-0.4, -0.2) is 25.6 Å². The highest BCUT2D eigenvalue weighted by molar-refractivity contribution is 7.07. The lowest BCUT2D eigenvalue weighted by Crippen LogP contribution is -2.33. The summed E-state index contributed by atoms with van der Waals surface area (Å²) in [6.45, 7) is 1.57. The predicted octanol–water partition coefficient (Wildman–Crippen LogP) is 2.86. The van der Waals surface area contributed by atoms with Gasteiger partial charge in [0.05, 0.1) is 17.2 Å². The van der Waals surface area contributed by atoms with Crippen LogP contribution in [0.15, 0.2) is 40.0 Å². The highest BCUT2D eigenvalue weighted by Crippen LogP contribution is 2.31. The van der Waals surface area contributed by atoms with Crippen LogP contribution in [0.1, 0.15) is 29.3 Å². The third-order valence-corrected chi connectivity index (χ3v) is 5.25. The van der Waals surface area contributed by atoms with Crippen LogP contribution < -0.4 is 10.9 Å². The highest BCUT2D eigenvalue weighted by Gasteiger charge is 2.26. The number of carboxylic acids is 1. The van der Waals surface area contributed by atoms with Crippen molar-refractivity contribution >= 4 is 23.0 Å². The molecule has 1 aliphatic rings. The zero-order valence-corrected chi connectivity index (χ0v) is 15.5. The molecule has 27 heavy (non-hydrogen) atoms. The van der Waals surface area contributed by atoms with Crippen LogP contribution in [0.25, 0.3) is 11.5 Å². The fourth-order valence-electron chi connectivity index (χ4n) is 3.30. The molecule has 1 aliphatic heterocycles. The Kier molecular flexibility index (Phi) is 4.49. The second kappa shape index (κ2) is 6.96. The summed E-state index contributed by atoms with van der Waals surface area (Å²) in [7, 11) is 0. The van der Waals surface area contributed by atoms with Crippen molar-refractivity contribution in [1.29, 1.82) is 0 Å². The molecule has 8 heteroatoms. The lowest BCUT2D eigenvalue weighted by molar-refractivity contribution is -0.137. The number of fused-ring (bicyclic) bond motifs is 1. The molecule has 0 bridgehead atoms. The van der Waals surface area contributed by atoms with Crippen molar-refractivity contribution in [1.82, 2.24) is 14.5 Å². The summed E-state index contributed by atoms with van der Waals surface area (Å²) < 4.78 is 1.18. The molecule has 2 N–H and O–H groups in total. The van der Waals surface area contributed by atoms with Crippen LogP contribution in [-0.2, 0) is 17.8 Å². The van der Waals surface area contributed by atoms with Crippen LogP contribution in [0.4, 0.5) is 5.69 Å². The minimum absolute atomic E-state index is 0.00370. The van der Waals surface area contributed by atoms with Crippen molar-refractivity contribution in [2.24, 2.45) is 0 Å². The summed E-state index contributed by atoms with van der Waals surface area (Å²) in [5.74, 6) is -0.792. The number of carbonyl (C=O) groups is 1. The Morgan fingerprint density at radius 3 is 2.81 bits per heavy atom. The van der Waals surface area contributed by atoms with E-state index in [1.54, 1.807) is 10.9 Å². The molecule has 0 unspecified atom stereocenters. The van der Waals surface area contributed by atoms with Crippen molar-refractivity contribution < 1.29 is 9.90 Å². The largest absolute Gasteiger partial charge is 0.480 e. The molecule has 0 saturated carbocycles. The third-order valence-electron chi connectivity index (χ3n) is 4.67. The minimum Gasteiger partial charge on any atom is -0.480 e. The van der Waals surface area contributed by atoms with Crippen molar-refractivity contribution in [3.8, 4) is 11.5 Å². The number of aliphatic carboxylic acids is 1. The van der Waals surface area contributed by atoms with E-state index < -0.39 is 12.5 Å². The van der Waals surface area contributed by atoms with E-state index >= 15 is 0 Å². The first-order valence-corrected chi connectivity index (χ1v) is 9.54. The van der Waals surface area contributed by atoms with E-state index in [9.17, 15) is 14.7 Å². The maximum absolute atomic E-state index is 13.1. The fourth-order valence-corrected chi connectivity index (χ4v) is 3.83. The molecule has 0 radical (unpaired) electrons. The Hall–Kier alpha value is -3.00. The number of anilines is 1. The quantitative estimate of drug-likeness (QED) is 0.720. The second-order valence-electron chi connectivity index (χ2n) is 6.56. The van der Waals surface area contributed by atoms with Gasteiger partial charge in [0, 0.05) is 5.38 Å². The number of benzene rings is 1. The molecule has 0 fully saturated rings. The number of hydrogen-bond donors (Lipinski definition) is 2. The smallest absolute Gasteiger partial charge is 0.323 e. The monoisotopic (exact) mass is 382 g/mol. The summed E-state index contributed by atoms with van der Waals surface area (Å²) in [6, 6.07) is 8.17. The van der Waals surface area contributed by atoms with Gasteiger partial charge < -0.3 is 10.4 Å². The first-order valence-electron chi connectivity index (χ1n) is 8.60. The molecule has 1 atom stereocenters. The predicted molar refractivity (Wildman–Crippen MR) is 103 cm³/mol. The number of aryl methyl sites for hydroxylation is 2. The van der Waals surface area contributed by atoms with E-state index in [1.165, 1.54) is 21.5 Å². The van der Waals surface area contributed by atoms with Gasteiger partial charge in [-0.1, -0.05) is 29.8 Å². The first kappa shape index (κ1) is 17.4. The molecule has 0 amide bonds. The van der Waals surface area contributed by atoms with Gasteiger partial charge in [0.25, 0.3) is 5.56 Å². The molecule has 0 saturated heterocycles. The lowest BCUT2D eigenvalue weighted by Gasteiger charge is -2.27. The molecule has 0 aliphatic carbocycles. The van der Waals surface area contributed by atoms with Gasteiger partial charge in [-0.15, -0.1) is 11.3 Å². The van der Waals surface area contributed by atoms with Gasteiger partial charge in [0.2, 0.25) is 0 Å². The molecule has 3 heterocycles. The van der Waals surface area contributed by atoms with E-state index in [-0.39, 0.29) is 11.6 Å². The normalized spacial score (nSPS) is 15.8. The summed E-state index contributed by atoms with van der Waals surface area (Å²) in [5.41, 5.74) is 5.09. The zero-order chi connectivity index (χ0) is 19.0.